The monoisotopic (exact) mass is 508 g/mol. The number of rotatable bonds is 7. The molecule has 1 aliphatic carbocycles. The molecule has 3 aromatic carbocycles. The Balaban J connectivity index is 1.39. The Labute approximate surface area is 209 Å². The molecule has 0 atom stereocenters. The summed E-state index contributed by atoms with van der Waals surface area (Å²) in [5, 5.41) is 14.1. The van der Waals surface area contributed by atoms with E-state index in [-0.39, 0.29) is 36.9 Å². The summed E-state index contributed by atoms with van der Waals surface area (Å²) >= 11 is 0. The van der Waals surface area contributed by atoms with Crippen LogP contribution in [0.4, 0.5) is 0 Å². The molecule has 2 fully saturated rings. The van der Waals surface area contributed by atoms with Crippen LogP contribution in [0.15, 0.2) is 65.6 Å². The van der Waals surface area contributed by atoms with Gasteiger partial charge in [0.15, 0.2) is 14.6 Å². The SMILES string of the molecule is O=C(NCC1CC1)c1ccc2cc(-c3ccc(S(=O)(=O)C4(C(=O)NO)CCOCC4)cc3)ccc2c1. The van der Waals surface area contributed by atoms with Gasteiger partial charge in [-0.1, -0.05) is 30.3 Å². The number of benzene rings is 3. The van der Waals surface area contributed by atoms with E-state index in [1.165, 1.54) is 30.5 Å². The summed E-state index contributed by atoms with van der Waals surface area (Å²) in [5.41, 5.74) is 3.87. The molecule has 0 aromatic heterocycles. The first kappa shape index (κ1) is 24.4. The lowest BCUT2D eigenvalue weighted by molar-refractivity contribution is -0.134. The number of carbonyl (C=O) groups is 2. The standard InChI is InChI=1S/C27H28N2O6S/c30-25(28-17-18-1-2-18)23-6-5-21-15-20(3-4-22(21)16-23)19-7-9-24(10-8-19)36(33,34)27(26(31)29-32)11-13-35-14-12-27/h3-10,15-16,18,32H,1-2,11-14,17H2,(H,28,30)(H,29,31). The molecule has 36 heavy (non-hydrogen) atoms. The van der Waals surface area contributed by atoms with E-state index >= 15 is 0 Å². The van der Waals surface area contributed by atoms with Crippen LogP contribution in [-0.4, -0.2) is 49.9 Å². The maximum Gasteiger partial charge on any atom is 0.265 e. The maximum absolute atomic E-state index is 13.4. The molecule has 1 aliphatic heterocycles. The van der Waals surface area contributed by atoms with Crippen molar-refractivity contribution < 1.29 is 28.0 Å². The molecule has 0 unspecified atom stereocenters. The van der Waals surface area contributed by atoms with Crippen LogP contribution < -0.4 is 10.8 Å². The lowest BCUT2D eigenvalue weighted by Crippen LogP contribution is -2.54. The number of fused-ring (bicyclic) bond motifs is 1. The maximum atomic E-state index is 13.4. The Kier molecular flexibility index (Phi) is 6.55. The molecular formula is C27H28N2O6S. The van der Waals surface area contributed by atoms with Crippen molar-refractivity contribution in [1.29, 1.82) is 0 Å². The van der Waals surface area contributed by atoms with Gasteiger partial charge in [-0.15, -0.1) is 0 Å². The molecule has 1 saturated carbocycles. The number of carbonyl (C=O) groups excluding carboxylic acids is 2. The molecular weight excluding hydrogens is 480 g/mol. The van der Waals surface area contributed by atoms with Crippen LogP contribution in [0.2, 0.25) is 0 Å². The highest BCUT2D eigenvalue weighted by molar-refractivity contribution is 7.93. The summed E-state index contributed by atoms with van der Waals surface area (Å²) < 4.78 is 30.4. The van der Waals surface area contributed by atoms with Crippen molar-refractivity contribution >= 4 is 32.4 Å². The van der Waals surface area contributed by atoms with Gasteiger partial charge >= 0.3 is 0 Å². The second-order valence-electron chi connectivity index (χ2n) is 9.51. The van der Waals surface area contributed by atoms with Gasteiger partial charge in [0.2, 0.25) is 0 Å². The molecule has 8 nitrogen and oxygen atoms in total. The average Bonchev–Trinajstić information content (AvgIpc) is 3.75. The largest absolute Gasteiger partial charge is 0.381 e. The lowest BCUT2D eigenvalue weighted by Gasteiger charge is -2.34. The van der Waals surface area contributed by atoms with Crippen LogP contribution in [-0.2, 0) is 19.4 Å². The van der Waals surface area contributed by atoms with Crippen molar-refractivity contribution in [3.8, 4) is 11.1 Å². The van der Waals surface area contributed by atoms with E-state index in [0.717, 1.165) is 28.4 Å². The quantitative estimate of drug-likeness (QED) is 0.332. The third-order valence-corrected chi connectivity index (χ3v) is 9.69. The average molecular weight is 509 g/mol. The van der Waals surface area contributed by atoms with Crippen molar-refractivity contribution in [1.82, 2.24) is 10.8 Å². The molecule has 1 saturated heterocycles. The van der Waals surface area contributed by atoms with Crippen molar-refractivity contribution in [3.63, 3.8) is 0 Å². The fourth-order valence-corrected chi connectivity index (χ4v) is 6.64. The van der Waals surface area contributed by atoms with Crippen molar-refractivity contribution in [2.24, 2.45) is 5.92 Å². The molecule has 2 aliphatic rings. The second kappa shape index (κ2) is 9.65. The van der Waals surface area contributed by atoms with Gasteiger partial charge in [-0.2, -0.15) is 0 Å². The summed E-state index contributed by atoms with van der Waals surface area (Å²) in [6.07, 6.45) is 2.30. The summed E-state index contributed by atoms with van der Waals surface area (Å²) in [6.45, 7) is 0.957. The van der Waals surface area contributed by atoms with E-state index in [4.69, 9.17) is 4.74 Å². The molecule has 0 bridgehead atoms. The number of hydrogen-bond acceptors (Lipinski definition) is 6. The molecule has 9 heteroatoms. The molecule has 2 amide bonds. The Morgan fingerprint density at radius 1 is 0.917 bits per heavy atom. The first-order valence-corrected chi connectivity index (χ1v) is 13.5. The van der Waals surface area contributed by atoms with Crippen LogP contribution in [0.3, 0.4) is 0 Å². The number of ether oxygens (including phenoxy) is 1. The summed E-state index contributed by atoms with van der Waals surface area (Å²) in [6, 6.07) is 17.8. The summed E-state index contributed by atoms with van der Waals surface area (Å²) in [5.74, 6) is -0.390. The molecule has 0 radical (unpaired) electrons. The zero-order valence-electron chi connectivity index (χ0n) is 19.7. The Morgan fingerprint density at radius 2 is 1.56 bits per heavy atom. The van der Waals surface area contributed by atoms with Gasteiger partial charge in [0.05, 0.1) is 4.90 Å². The summed E-state index contributed by atoms with van der Waals surface area (Å²) in [7, 11) is -4.08. The third kappa shape index (κ3) is 4.50. The number of amides is 2. The topological polar surface area (TPSA) is 122 Å². The molecule has 3 aromatic rings. The number of sulfone groups is 1. The third-order valence-electron chi connectivity index (χ3n) is 7.18. The van der Waals surface area contributed by atoms with E-state index in [9.17, 15) is 23.2 Å². The number of nitrogens with one attached hydrogen (secondary N) is 2. The van der Waals surface area contributed by atoms with Gasteiger partial charge in [0.1, 0.15) is 0 Å². The highest BCUT2D eigenvalue weighted by Crippen LogP contribution is 2.36. The van der Waals surface area contributed by atoms with E-state index in [0.29, 0.717) is 11.5 Å². The fourth-order valence-electron chi connectivity index (χ4n) is 4.70. The van der Waals surface area contributed by atoms with Crippen LogP contribution in [0.1, 0.15) is 36.0 Å². The zero-order chi connectivity index (χ0) is 25.3. The van der Waals surface area contributed by atoms with Gasteiger partial charge < -0.3 is 10.1 Å². The highest BCUT2D eigenvalue weighted by atomic mass is 32.2. The minimum atomic E-state index is -4.08. The van der Waals surface area contributed by atoms with Crippen molar-refractivity contribution in [2.45, 2.75) is 35.3 Å². The van der Waals surface area contributed by atoms with E-state index < -0.39 is 20.5 Å². The smallest absolute Gasteiger partial charge is 0.265 e. The van der Waals surface area contributed by atoms with Crippen molar-refractivity contribution in [2.75, 3.05) is 19.8 Å². The molecule has 1 heterocycles. The van der Waals surface area contributed by atoms with Gasteiger partial charge in [0, 0.05) is 25.3 Å². The molecule has 188 valence electrons. The van der Waals surface area contributed by atoms with Gasteiger partial charge in [0.25, 0.3) is 11.8 Å². The van der Waals surface area contributed by atoms with Crippen LogP contribution in [0.25, 0.3) is 21.9 Å². The molecule has 5 rings (SSSR count). The fraction of sp³-hybridized carbons (Fsp3) is 0.333. The first-order chi connectivity index (χ1) is 17.3. The van der Waals surface area contributed by atoms with Gasteiger partial charge in [-0.25, -0.2) is 13.9 Å². The minimum absolute atomic E-state index is 0.0133. The van der Waals surface area contributed by atoms with E-state index in [1.54, 1.807) is 12.1 Å². The number of hydrogen-bond donors (Lipinski definition) is 3. The van der Waals surface area contributed by atoms with Crippen LogP contribution >= 0.6 is 0 Å². The minimum Gasteiger partial charge on any atom is -0.381 e. The van der Waals surface area contributed by atoms with Gasteiger partial charge in [-0.3, -0.25) is 14.8 Å². The first-order valence-electron chi connectivity index (χ1n) is 12.0. The zero-order valence-corrected chi connectivity index (χ0v) is 20.5. The van der Waals surface area contributed by atoms with E-state index in [1.807, 2.05) is 36.4 Å². The van der Waals surface area contributed by atoms with Crippen LogP contribution in [0.5, 0.6) is 0 Å². The predicted octanol–water partition coefficient (Wildman–Crippen LogP) is 3.47. The van der Waals surface area contributed by atoms with E-state index in [2.05, 4.69) is 5.32 Å². The highest BCUT2D eigenvalue weighted by Gasteiger charge is 2.52. The number of hydroxylamine groups is 1. The second-order valence-corrected chi connectivity index (χ2v) is 11.8. The summed E-state index contributed by atoms with van der Waals surface area (Å²) in [4.78, 5) is 24.9. The van der Waals surface area contributed by atoms with Crippen LogP contribution in [0, 0.1) is 5.92 Å². The Morgan fingerprint density at radius 3 is 2.22 bits per heavy atom. The molecule has 3 N–H and O–H groups in total. The van der Waals surface area contributed by atoms with Gasteiger partial charge in [-0.05, 0) is 83.8 Å². The normalized spacial score (nSPS) is 17.5. The Bertz CT molecular complexity index is 1410. The molecule has 0 spiro atoms. The lowest BCUT2D eigenvalue weighted by atomic mass is 9.98. The predicted molar refractivity (Wildman–Crippen MR) is 134 cm³/mol. The van der Waals surface area contributed by atoms with Crippen molar-refractivity contribution in [3.05, 3.63) is 66.2 Å². The Hall–Kier alpha value is -3.27.